The van der Waals surface area contributed by atoms with Crippen LogP contribution < -0.4 is 0 Å². The molecule has 1 aliphatic rings. The summed E-state index contributed by atoms with van der Waals surface area (Å²) in [5.41, 5.74) is 0. The van der Waals surface area contributed by atoms with E-state index in [4.69, 9.17) is 38.4 Å². The van der Waals surface area contributed by atoms with Crippen molar-refractivity contribution in [1.29, 1.82) is 0 Å². The van der Waals surface area contributed by atoms with Crippen LogP contribution in [0.1, 0.15) is 62.3 Å². The molecule has 0 aromatic heterocycles. The summed E-state index contributed by atoms with van der Waals surface area (Å²) in [6.07, 6.45) is 0. The van der Waals surface area contributed by atoms with Crippen LogP contribution in [0.25, 0.3) is 0 Å². The Bertz CT molecular complexity index is 345. The van der Waals surface area contributed by atoms with Crippen LogP contribution in [0.15, 0.2) is 0 Å². The summed E-state index contributed by atoms with van der Waals surface area (Å²) in [4.78, 5) is 0. The predicted molar refractivity (Wildman–Crippen MR) is 97.2 cm³/mol. The molecular weight excluding hydrogens is 516 g/mol. The van der Waals surface area contributed by atoms with E-state index in [-0.39, 0.29) is 12.7 Å². The van der Waals surface area contributed by atoms with Crippen molar-refractivity contribution in [3.63, 3.8) is 0 Å². The molecule has 1 saturated heterocycles. The molecule has 0 aliphatic carbocycles. The predicted octanol–water partition coefficient (Wildman–Crippen LogP) is 5.98. The van der Waals surface area contributed by atoms with Crippen LogP contribution in [0.5, 0.6) is 0 Å². The molecule has 21 heavy (non-hydrogen) atoms. The van der Waals surface area contributed by atoms with E-state index >= 15 is 0 Å². The second-order valence-corrected chi connectivity index (χ2v) is 40.6. The standard InChI is InChI=1S/C12H27Cl3Ge3O3/c1-10(2,3)16(13)19-17(14,11(4,5)6)21-18(15,20-16)12(7,8)9/h1-9H3. The summed E-state index contributed by atoms with van der Waals surface area (Å²) in [6.45, 7) is 18.3. The van der Waals surface area contributed by atoms with E-state index in [1.54, 1.807) is 0 Å². The molecule has 0 N–H and O–H groups in total. The van der Waals surface area contributed by atoms with E-state index in [9.17, 15) is 0 Å². The monoisotopic (exact) mass is 546 g/mol. The maximum atomic E-state index is 6.92. The quantitative estimate of drug-likeness (QED) is 0.352. The van der Waals surface area contributed by atoms with Gasteiger partial charge < -0.3 is 0 Å². The molecule has 126 valence electrons. The van der Waals surface area contributed by atoms with Crippen molar-refractivity contribution in [1.82, 2.24) is 0 Å². The molecule has 0 aromatic rings. The van der Waals surface area contributed by atoms with Gasteiger partial charge in [0.15, 0.2) is 0 Å². The van der Waals surface area contributed by atoms with Gasteiger partial charge in [-0.05, 0) is 0 Å². The fraction of sp³-hybridized carbons (Fsp3) is 1.00. The van der Waals surface area contributed by atoms with Gasteiger partial charge in [0.2, 0.25) is 0 Å². The Morgan fingerprint density at radius 2 is 0.619 bits per heavy atom. The summed E-state index contributed by atoms with van der Waals surface area (Å²) in [7, 11) is 20.8. The zero-order valence-electron chi connectivity index (χ0n) is 14.4. The SMILES string of the molecule is C[C](C)(C)[Ge]1([Cl])[O][Ge]([Cl])([C](C)(C)C)[O][Ge]([Cl])([C](C)(C)C)[O]1. The van der Waals surface area contributed by atoms with Gasteiger partial charge in [-0.2, -0.15) is 0 Å². The van der Waals surface area contributed by atoms with Crippen molar-refractivity contribution >= 4 is 69.1 Å². The molecule has 0 atom stereocenters. The third kappa shape index (κ3) is 4.14. The summed E-state index contributed by atoms with van der Waals surface area (Å²) in [6, 6.07) is 0. The first-order valence-electron chi connectivity index (χ1n) is 7.04. The number of hydrogen-bond acceptors (Lipinski definition) is 3. The Balaban J connectivity index is 3.44. The third-order valence-corrected chi connectivity index (χ3v) is 56.6. The molecular formula is C12H27Cl3Ge3O3. The van der Waals surface area contributed by atoms with E-state index in [1.165, 1.54) is 0 Å². The Labute approximate surface area is 151 Å². The van der Waals surface area contributed by atoms with E-state index in [0.29, 0.717) is 0 Å². The van der Waals surface area contributed by atoms with Gasteiger partial charge in [0.1, 0.15) is 0 Å². The molecule has 0 amide bonds. The first-order chi connectivity index (χ1) is 8.87. The molecule has 0 spiro atoms. The van der Waals surface area contributed by atoms with Crippen molar-refractivity contribution < 1.29 is 8.37 Å². The van der Waals surface area contributed by atoms with Crippen molar-refractivity contribution in [2.45, 2.75) is 75.1 Å². The normalized spacial score (nSPS) is 39.4. The Hall–Kier alpha value is 2.38. The van der Waals surface area contributed by atoms with Crippen LogP contribution in [-0.2, 0) is 8.37 Å². The van der Waals surface area contributed by atoms with Crippen LogP contribution >= 0.6 is 30.0 Å². The van der Waals surface area contributed by atoms with Crippen molar-refractivity contribution in [3.05, 3.63) is 0 Å². The van der Waals surface area contributed by atoms with Gasteiger partial charge in [-0.25, -0.2) is 0 Å². The molecule has 3 nitrogen and oxygen atoms in total. The molecule has 0 aromatic carbocycles. The fourth-order valence-electron chi connectivity index (χ4n) is 1.49. The van der Waals surface area contributed by atoms with Crippen molar-refractivity contribution in [3.8, 4) is 0 Å². The average molecular weight is 544 g/mol. The topological polar surface area (TPSA) is 27.7 Å². The molecule has 0 saturated carbocycles. The second-order valence-electron chi connectivity index (χ2n) is 8.66. The second kappa shape index (κ2) is 5.97. The average Bonchev–Trinajstić information content (AvgIpc) is 2.09. The molecule has 0 unspecified atom stereocenters. The number of hydrogen-bond donors (Lipinski definition) is 0. The summed E-state index contributed by atoms with van der Waals surface area (Å²) < 4.78 is 18.0. The molecule has 1 fully saturated rings. The molecule has 1 rings (SSSR count). The summed E-state index contributed by atoms with van der Waals surface area (Å²) >= 11 is -11.0. The van der Waals surface area contributed by atoms with Gasteiger partial charge in [-0.15, -0.1) is 0 Å². The third-order valence-electron chi connectivity index (χ3n) is 3.48. The molecule has 1 aliphatic heterocycles. The minimum atomic E-state index is -3.68. The zero-order chi connectivity index (χ0) is 17.1. The zero-order valence-corrected chi connectivity index (χ0v) is 22.9. The van der Waals surface area contributed by atoms with Crippen molar-refractivity contribution in [2.75, 3.05) is 0 Å². The van der Waals surface area contributed by atoms with Gasteiger partial charge in [-0.3, -0.25) is 0 Å². The first kappa shape index (κ1) is 21.4. The summed E-state index contributed by atoms with van der Waals surface area (Å²) in [5.74, 6) is 0. The van der Waals surface area contributed by atoms with Crippen LogP contribution in [0.4, 0.5) is 0 Å². The van der Waals surface area contributed by atoms with Crippen LogP contribution in [-0.4, -0.2) is 39.0 Å². The van der Waals surface area contributed by atoms with Crippen LogP contribution in [0.2, 0.25) is 12.7 Å². The first-order valence-corrected chi connectivity index (χ1v) is 23.6. The maximum absolute atomic E-state index is 6.92. The molecule has 1 heterocycles. The Morgan fingerprint density at radius 3 is 0.714 bits per heavy atom. The molecule has 9 heteroatoms. The van der Waals surface area contributed by atoms with Gasteiger partial charge in [0.25, 0.3) is 0 Å². The van der Waals surface area contributed by atoms with E-state index in [2.05, 4.69) is 0 Å². The number of rotatable bonds is 0. The van der Waals surface area contributed by atoms with Crippen LogP contribution in [0, 0.1) is 0 Å². The summed E-state index contributed by atoms with van der Waals surface area (Å²) in [5, 5.41) is 0. The van der Waals surface area contributed by atoms with Gasteiger partial charge in [0.05, 0.1) is 0 Å². The molecule has 0 radical (unpaired) electrons. The minimum absolute atomic E-state index is 0.293. The van der Waals surface area contributed by atoms with Gasteiger partial charge >= 0.3 is 152 Å². The van der Waals surface area contributed by atoms with Crippen molar-refractivity contribution in [2.24, 2.45) is 0 Å². The van der Waals surface area contributed by atoms with E-state index in [0.717, 1.165) is 0 Å². The fourth-order valence-corrected chi connectivity index (χ4v) is 68.0. The van der Waals surface area contributed by atoms with Gasteiger partial charge in [-0.1, -0.05) is 0 Å². The Morgan fingerprint density at radius 1 is 0.476 bits per heavy atom. The van der Waals surface area contributed by atoms with Crippen LogP contribution in [0.3, 0.4) is 0 Å². The van der Waals surface area contributed by atoms with E-state index < -0.39 is 39.0 Å². The Kier molecular flexibility index (Phi) is 6.09. The van der Waals surface area contributed by atoms with Gasteiger partial charge in [0, 0.05) is 0 Å². The number of halogens is 3. The molecule has 0 bridgehead atoms. The van der Waals surface area contributed by atoms with E-state index in [1.807, 2.05) is 62.3 Å².